The zero-order valence-electron chi connectivity index (χ0n) is 8.51. The second-order valence-corrected chi connectivity index (χ2v) is 4.72. The molecular formula is C11H9BrClNO2. The van der Waals surface area contributed by atoms with Crippen LogP contribution in [0.15, 0.2) is 27.5 Å². The second-order valence-electron chi connectivity index (χ2n) is 3.40. The molecule has 0 atom stereocenters. The lowest BCUT2D eigenvalue weighted by atomic mass is 10.2. The van der Waals surface area contributed by atoms with Crippen molar-refractivity contribution in [2.75, 3.05) is 7.11 Å². The van der Waals surface area contributed by atoms with Crippen LogP contribution < -0.4 is 5.43 Å². The quantitative estimate of drug-likeness (QED) is 0.926. The lowest BCUT2D eigenvalue weighted by molar-refractivity contribution is 0.181. The van der Waals surface area contributed by atoms with E-state index in [9.17, 15) is 4.79 Å². The Bertz CT molecular complexity index is 594. The van der Waals surface area contributed by atoms with Gasteiger partial charge in [0.15, 0.2) is 5.43 Å². The van der Waals surface area contributed by atoms with E-state index in [1.807, 2.05) is 0 Å². The normalized spacial score (nSPS) is 10.9. The molecule has 0 amide bonds. The Balaban J connectivity index is 2.77. The molecule has 0 saturated carbocycles. The molecule has 3 nitrogen and oxygen atoms in total. The molecule has 0 aliphatic rings. The Labute approximate surface area is 106 Å². The van der Waals surface area contributed by atoms with Crippen molar-refractivity contribution < 1.29 is 4.74 Å². The van der Waals surface area contributed by atoms with Crippen LogP contribution in [-0.2, 0) is 11.3 Å². The van der Waals surface area contributed by atoms with Gasteiger partial charge >= 0.3 is 0 Å². The Kier molecular flexibility index (Phi) is 3.33. The van der Waals surface area contributed by atoms with Crippen molar-refractivity contribution in [2.24, 2.45) is 0 Å². The van der Waals surface area contributed by atoms with E-state index in [1.54, 1.807) is 19.2 Å². The van der Waals surface area contributed by atoms with E-state index >= 15 is 0 Å². The number of hydrogen-bond acceptors (Lipinski definition) is 2. The highest BCUT2D eigenvalue weighted by Crippen LogP contribution is 2.24. The zero-order chi connectivity index (χ0) is 11.7. The van der Waals surface area contributed by atoms with Gasteiger partial charge in [-0.3, -0.25) is 4.79 Å². The molecule has 1 aromatic heterocycles. The monoisotopic (exact) mass is 301 g/mol. The summed E-state index contributed by atoms with van der Waals surface area (Å²) in [6, 6.07) is 5.02. The van der Waals surface area contributed by atoms with E-state index in [0.29, 0.717) is 28.2 Å². The van der Waals surface area contributed by atoms with Crippen LogP contribution in [0.1, 0.15) is 5.69 Å². The predicted octanol–water partition coefficient (Wildman–Crippen LogP) is 3.09. The van der Waals surface area contributed by atoms with Gasteiger partial charge in [0.05, 0.1) is 17.1 Å². The predicted molar refractivity (Wildman–Crippen MR) is 68.0 cm³/mol. The van der Waals surface area contributed by atoms with Gasteiger partial charge in [-0.2, -0.15) is 0 Å². The fourth-order valence-electron chi connectivity index (χ4n) is 1.56. The molecular weight excluding hydrogens is 293 g/mol. The van der Waals surface area contributed by atoms with Crippen molar-refractivity contribution in [1.82, 2.24) is 4.98 Å². The van der Waals surface area contributed by atoms with Crippen LogP contribution in [0.4, 0.5) is 0 Å². The van der Waals surface area contributed by atoms with Gasteiger partial charge in [0.25, 0.3) is 0 Å². The molecule has 84 valence electrons. The van der Waals surface area contributed by atoms with Crippen LogP contribution in [0, 0.1) is 0 Å². The summed E-state index contributed by atoms with van der Waals surface area (Å²) in [5.74, 6) is 0. The zero-order valence-corrected chi connectivity index (χ0v) is 10.9. The van der Waals surface area contributed by atoms with Gasteiger partial charge in [0, 0.05) is 28.7 Å². The lowest BCUT2D eigenvalue weighted by Gasteiger charge is -2.05. The van der Waals surface area contributed by atoms with Crippen molar-refractivity contribution in [3.8, 4) is 0 Å². The highest BCUT2D eigenvalue weighted by molar-refractivity contribution is 9.10. The third-order valence-electron chi connectivity index (χ3n) is 2.21. The van der Waals surface area contributed by atoms with Crippen molar-refractivity contribution in [1.29, 1.82) is 0 Å². The fourth-order valence-corrected chi connectivity index (χ4v) is 2.42. The fraction of sp³-hybridized carbons (Fsp3) is 0.182. The second kappa shape index (κ2) is 4.57. The van der Waals surface area contributed by atoms with Gasteiger partial charge < -0.3 is 9.72 Å². The molecule has 1 heterocycles. The Morgan fingerprint density at radius 2 is 2.19 bits per heavy atom. The van der Waals surface area contributed by atoms with Gasteiger partial charge in [-0.1, -0.05) is 27.5 Å². The molecule has 0 saturated heterocycles. The third-order valence-corrected chi connectivity index (χ3v) is 2.97. The van der Waals surface area contributed by atoms with Gasteiger partial charge in [-0.25, -0.2) is 0 Å². The lowest BCUT2D eigenvalue weighted by Crippen LogP contribution is -2.06. The number of methoxy groups -OCH3 is 1. The first kappa shape index (κ1) is 11.6. The molecule has 0 fully saturated rings. The number of rotatable bonds is 2. The average Bonchev–Trinajstić information content (AvgIpc) is 2.20. The maximum absolute atomic E-state index is 11.8. The number of H-pyrrole nitrogens is 1. The summed E-state index contributed by atoms with van der Waals surface area (Å²) in [4.78, 5) is 14.9. The first-order chi connectivity index (χ1) is 7.61. The topological polar surface area (TPSA) is 42.1 Å². The summed E-state index contributed by atoms with van der Waals surface area (Å²) in [7, 11) is 1.58. The van der Waals surface area contributed by atoms with Crippen LogP contribution in [0.3, 0.4) is 0 Å². The Morgan fingerprint density at radius 1 is 1.44 bits per heavy atom. The molecule has 1 N–H and O–H groups in total. The number of benzene rings is 1. The first-order valence-corrected chi connectivity index (χ1v) is 5.79. The number of fused-ring (bicyclic) bond motifs is 1. The van der Waals surface area contributed by atoms with Crippen LogP contribution in [0.25, 0.3) is 10.9 Å². The first-order valence-electron chi connectivity index (χ1n) is 4.61. The molecule has 16 heavy (non-hydrogen) atoms. The Hall–Kier alpha value is -0.840. The molecule has 0 aliphatic heterocycles. The maximum atomic E-state index is 11.8. The highest BCUT2D eigenvalue weighted by atomic mass is 79.9. The maximum Gasteiger partial charge on any atom is 0.189 e. The van der Waals surface area contributed by atoms with Gasteiger partial charge in [-0.15, -0.1) is 0 Å². The molecule has 0 bridgehead atoms. The summed E-state index contributed by atoms with van der Waals surface area (Å²) < 4.78 is 5.76. The summed E-state index contributed by atoms with van der Waals surface area (Å²) in [5, 5.41) is 1.08. The molecule has 0 spiro atoms. The molecule has 0 radical (unpaired) electrons. The van der Waals surface area contributed by atoms with E-state index in [-0.39, 0.29) is 5.43 Å². The number of pyridine rings is 1. The van der Waals surface area contributed by atoms with Crippen LogP contribution in [-0.4, -0.2) is 12.1 Å². The van der Waals surface area contributed by atoms with Crippen molar-refractivity contribution in [3.63, 3.8) is 0 Å². The summed E-state index contributed by atoms with van der Waals surface area (Å²) >= 11 is 9.37. The van der Waals surface area contributed by atoms with E-state index < -0.39 is 0 Å². The highest BCUT2D eigenvalue weighted by Gasteiger charge is 2.06. The third kappa shape index (κ3) is 2.14. The number of ether oxygens (including phenoxy) is 1. The molecule has 2 rings (SSSR count). The van der Waals surface area contributed by atoms with Crippen LogP contribution >= 0.6 is 27.5 Å². The molecule has 5 heteroatoms. The molecule has 0 aliphatic carbocycles. The largest absolute Gasteiger partial charge is 0.378 e. The number of nitrogens with one attached hydrogen (secondary N) is 1. The van der Waals surface area contributed by atoms with Gasteiger partial charge in [-0.05, 0) is 12.1 Å². The molecule has 1 aromatic carbocycles. The smallest absolute Gasteiger partial charge is 0.189 e. The van der Waals surface area contributed by atoms with Crippen molar-refractivity contribution in [2.45, 2.75) is 6.61 Å². The van der Waals surface area contributed by atoms with E-state index in [0.717, 1.165) is 4.47 Å². The summed E-state index contributed by atoms with van der Waals surface area (Å²) in [6.45, 7) is 0.359. The van der Waals surface area contributed by atoms with Crippen LogP contribution in [0.5, 0.6) is 0 Å². The number of hydrogen-bond donors (Lipinski definition) is 1. The summed E-state index contributed by atoms with van der Waals surface area (Å²) in [5.41, 5.74) is 1.29. The minimum Gasteiger partial charge on any atom is -0.378 e. The van der Waals surface area contributed by atoms with E-state index in [1.165, 1.54) is 6.07 Å². The van der Waals surface area contributed by atoms with Gasteiger partial charge in [0.2, 0.25) is 0 Å². The number of halogens is 2. The van der Waals surface area contributed by atoms with Crippen molar-refractivity contribution in [3.05, 3.63) is 43.6 Å². The van der Waals surface area contributed by atoms with E-state index in [4.69, 9.17) is 16.3 Å². The number of aromatic amines is 1. The SMILES string of the molecule is COCc1cc(=O)c2cc(Br)cc(Cl)c2[nH]1. The standard InChI is InChI=1S/C11H9BrClNO2/c1-16-5-7-4-10(15)8-2-6(12)3-9(13)11(8)14-7/h2-4H,5H2,1H3,(H,14,15). The molecule has 0 unspecified atom stereocenters. The van der Waals surface area contributed by atoms with E-state index in [2.05, 4.69) is 20.9 Å². The van der Waals surface area contributed by atoms with Gasteiger partial charge in [0.1, 0.15) is 0 Å². The summed E-state index contributed by atoms with van der Waals surface area (Å²) in [6.07, 6.45) is 0. The molecule has 2 aromatic rings. The minimum absolute atomic E-state index is 0.0657. The Morgan fingerprint density at radius 3 is 2.88 bits per heavy atom. The average molecular weight is 303 g/mol. The van der Waals surface area contributed by atoms with Crippen molar-refractivity contribution >= 4 is 38.4 Å². The van der Waals surface area contributed by atoms with Crippen LogP contribution in [0.2, 0.25) is 5.02 Å². The minimum atomic E-state index is -0.0657. The number of aromatic nitrogens is 1.